The van der Waals surface area contributed by atoms with E-state index in [-0.39, 0.29) is 16.1 Å². The van der Waals surface area contributed by atoms with Crippen LogP contribution in [0.4, 0.5) is 5.69 Å². The summed E-state index contributed by atoms with van der Waals surface area (Å²) in [6.45, 7) is 2.02. The van der Waals surface area contributed by atoms with Crippen molar-refractivity contribution in [3.63, 3.8) is 0 Å². The van der Waals surface area contributed by atoms with Crippen LogP contribution < -0.4 is 5.32 Å². The highest BCUT2D eigenvalue weighted by Crippen LogP contribution is 2.38. The first-order valence-electron chi connectivity index (χ1n) is 7.31. The van der Waals surface area contributed by atoms with E-state index in [9.17, 15) is 13.2 Å². The number of thioether (sulfide) groups is 1. The Labute approximate surface area is 150 Å². The molecule has 0 saturated heterocycles. The highest BCUT2D eigenvalue weighted by molar-refractivity contribution is 8.01. The summed E-state index contributed by atoms with van der Waals surface area (Å²) < 4.78 is 23.3. The fourth-order valence-corrected chi connectivity index (χ4v) is 4.63. The largest absolute Gasteiger partial charge is 0.324 e. The summed E-state index contributed by atoms with van der Waals surface area (Å²) >= 11 is 7.61. The number of halogens is 1. The van der Waals surface area contributed by atoms with Crippen molar-refractivity contribution in [2.75, 3.05) is 11.6 Å². The second-order valence-corrected chi connectivity index (χ2v) is 9.49. The molecule has 0 radical (unpaired) electrons. The maximum atomic E-state index is 12.5. The molecule has 7 heteroatoms. The van der Waals surface area contributed by atoms with Crippen LogP contribution >= 0.6 is 23.4 Å². The molecule has 0 aliphatic carbocycles. The van der Waals surface area contributed by atoms with Crippen LogP contribution in [-0.2, 0) is 21.1 Å². The third-order valence-corrected chi connectivity index (χ3v) is 6.55. The van der Waals surface area contributed by atoms with E-state index in [0.717, 1.165) is 22.3 Å². The van der Waals surface area contributed by atoms with Gasteiger partial charge < -0.3 is 5.32 Å². The van der Waals surface area contributed by atoms with Crippen molar-refractivity contribution in [1.82, 2.24) is 0 Å². The molecule has 1 amide bonds. The van der Waals surface area contributed by atoms with Gasteiger partial charge in [-0.1, -0.05) is 29.3 Å². The Bertz CT molecular complexity index is 925. The Morgan fingerprint density at radius 3 is 2.71 bits per heavy atom. The first kappa shape index (κ1) is 17.3. The number of fused-ring (bicyclic) bond motifs is 1. The molecule has 126 valence electrons. The number of rotatable bonds is 3. The fraction of sp³-hybridized carbons (Fsp3) is 0.235. The predicted molar refractivity (Wildman–Crippen MR) is 97.7 cm³/mol. The molecule has 0 aromatic heterocycles. The van der Waals surface area contributed by atoms with E-state index >= 15 is 0 Å². The number of sulfone groups is 1. The topological polar surface area (TPSA) is 63.2 Å². The van der Waals surface area contributed by atoms with Crippen LogP contribution in [0.15, 0.2) is 46.2 Å². The van der Waals surface area contributed by atoms with E-state index in [0.29, 0.717) is 17.1 Å². The zero-order chi connectivity index (χ0) is 17.5. The Morgan fingerprint density at radius 2 is 2.00 bits per heavy atom. The lowest BCUT2D eigenvalue weighted by Crippen LogP contribution is -2.24. The van der Waals surface area contributed by atoms with Gasteiger partial charge in [-0.3, -0.25) is 4.79 Å². The molecule has 1 N–H and O–H groups in total. The van der Waals surface area contributed by atoms with Crippen molar-refractivity contribution in [3.05, 3.63) is 52.5 Å². The second kappa shape index (κ2) is 6.43. The van der Waals surface area contributed by atoms with Crippen molar-refractivity contribution in [3.8, 4) is 0 Å². The van der Waals surface area contributed by atoms with Crippen LogP contribution in [0.2, 0.25) is 5.02 Å². The summed E-state index contributed by atoms with van der Waals surface area (Å²) in [5, 5.41) is 2.82. The third kappa shape index (κ3) is 3.61. The van der Waals surface area contributed by atoms with Crippen molar-refractivity contribution in [2.45, 2.75) is 28.4 Å². The summed E-state index contributed by atoms with van der Waals surface area (Å²) in [5.41, 5.74) is 2.63. The van der Waals surface area contributed by atoms with Gasteiger partial charge in [0.1, 0.15) is 0 Å². The number of anilines is 1. The summed E-state index contributed by atoms with van der Waals surface area (Å²) in [4.78, 5) is 13.8. The van der Waals surface area contributed by atoms with Gasteiger partial charge in [0.2, 0.25) is 5.91 Å². The Hall–Kier alpha value is -1.50. The highest BCUT2D eigenvalue weighted by Gasteiger charge is 2.28. The highest BCUT2D eigenvalue weighted by atomic mass is 35.5. The molecule has 0 bridgehead atoms. The lowest BCUT2D eigenvalue weighted by atomic mass is 10.1. The van der Waals surface area contributed by atoms with Crippen LogP contribution in [0.1, 0.15) is 11.1 Å². The average molecular weight is 382 g/mol. The average Bonchev–Trinajstić information content (AvgIpc) is 2.91. The fourth-order valence-electron chi connectivity index (χ4n) is 2.53. The Balaban J connectivity index is 1.79. The standard InChI is InChI=1S/C17H16ClNO3S2/c1-10-3-4-11-8-16(23-15(11)7-10)17(20)19-14-9-12(24(2,21)22)5-6-13(14)18/h3-7,9,16H,8H2,1-2H3,(H,19,20). The molecule has 1 unspecified atom stereocenters. The maximum absolute atomic E-state index is 12.5. The van der Waals surface area contributed by atoms with Crippen molar-refractivity contribution >= 4 is 44.8 Å². The van der Waals surface area contributed by atoms with Crippen molar-refractivity contribution in [1.29, 1.82) is 0 Å². The number of hydrogen-bond donors (Lipinski definition) is 1. The van der Waals surface area contributed by atoms with Gasteiger partial charge in [0.05, 0.1) is 20.9 Å². The summed E-state index contributed by atoms with van der Waals surface area (Å²) in [6.07, 6.45) is 1.77. The Kier molecular flexibility index (Phi) is 4.64. The molecule has 2 aromatic rings. The number of carbonyl (C=O) groups is 1. The molecule has 1 atom stereocenters. The molecule has 0 saturated carbocycles. The first-order valence-corrected chi connectivity index (χ1v) is 10.5. The van der Waals surface area contributed by atoms with E-state index in [1.165, 1.54) is 30.0 Å². The minimum absolute atomic E-state index is 0.125. The van der Waals surface area contributed by atoms with Crippen molar-refractivity contribution in [2.24, 2.45) is 0 Å². The molecule has 0 spiro atoms. The molecule has 2 aromatic carbocycles. The number of amides is 1. The summed E-state index contributed by atoms with van der Waals surface area (Å²) in [7, 11) is -3.36. The van der Waals surface area contributed by atoms with Gasteiger partial charge in [-0.05, 0) is 43.2 Å². The lowest BCUT2D eigenvalue weighted by molar-refractivity contribution is -0.115. The first-order chi connectivity index (χ1) is 11.2. The van der Waals surface area contributed by atoms with Crippen LogP contribution in [0.5, 0.6) is 0 Å². The van der Waals surface area contributed by atoms with Gasteiger partial charge in [-0.2, -0.15) is 0 Å². The molecule has 3 rings (SSSR count). The molecule has 4 nitrogen and oxygen atoms in total. The van der Waals surface area contributed by atoms with Crippen LogP contribution in [0, 0.1) is 6.92 Å². The van der Waals surface area contributed by atoms with Gasteiger partial charge in [0.15, 0.2) is 9.84 Å². The lowest BCUT2D eigenvalue weighted by Gasteiger charge is -2.12. The third-order valence-electron chi connectivity index (χ3n) is 3.81. The smallest absolute Gasteiger partial charge is 0.238 e. The summed E-state index contributed by atoms with van der Waals surface area (Å²) in [6, 6.07) is 10.5. The SMILES string of the molecule is Cc1ccc2c(c1)SC(C(=O)Nc1cc(S(C)(=O)=O)ccc1Cl)C2. The van der Waals surface area contributed by atoms with Crippen LogP contribution in [0.25, 0.3) is 0 Å². The maximum Gasteiger partial charge on any atom is 0.238 e. The number of benzene rings is 2. The molecular weight excluding hydrogens is 366 g/mol. The summed E-state index contributed by atoms with van der Waals surface area (Å²) in [5.74, 6) is -0.179. The van der Waals surface area contributed by atoms with E-state index in [4.69, 9.17) is 11.6 Å². The molecule has 1 heterocycles. The van der Waals surface area contributed by atoms with E-state index in [1.54, 1.807) is 0 Å². The normalized spacial score (nSPS) is 16.7. The molecule has 0 fully saturated rings. The molecule has 1 aliphatic rings. The quantitative estimate of drug-likeness (QED) is 0.880. The molecular formula is C17H16ClNO3S2. The number of nitrogens with one attached hydrogen (secondary N) is 1. The van der Waals surface area contributed by atoms with Gasteiger partial charge in [-0.15, -0.1) is 11.8 Å². The number of carbonyl (C=O) groups excluding carboxylic acids is 1. The zero-order valence-corrected chi connectivity index (χ0v) is 15.6. The van der Waals surface area contributed by atoms with E-state index < -0.39 is 9.84 Å². The van der Waals surface area contributed by atoms with Gasteiger partial charge >= 0.3 is 0 Å². The van der Waals surface area contributed by atoms with Gasteiger partial charge in [0.25, 0.3) is 0 Å². The minimum atomic E-state index is -3.36. The second-order valence-electron chi connectivity index (χ2n) is 5.82. The van der Waals surface area contributed by atoms with Crippen LogP contribution in [-0.4, -0.2) is 25.8 Å². The van der Waals surface area contributed by atoms with E-state index in [1.807, 2.05) is 19.1 Å². The van der Waals surface area contributed by atoms with E-state index in [2.05, 4.69) is 11.4 Å². The monoisotopic (exact) mass is 381 g/mol. The van der Waals surface area contributed by atoms with Crippen LogP contribution in [0.3, 0.4) is 0 Å². The number of hydrogen-bond acceptors (Lipinski definition) is 4. The molecule has 1 aliphatic heterocycles. The van der Waals surface area contributed by atoms with Gasteiger partial charge in [0, 0.05) is 11.2 Å². The number of aryl methyl sites for hydroxylation is 1. The molecule has 24 heavy (non-hydrogen) atoms. The minimum Gasteiger partial charge on any atom is -0.324 e. The Morgan fingerprint density at radius 1 is 1.25 bits per heavy atom. The van der Waals surface area contributed by atoms with Gasteiger partial charge in [-0.25, -0.2) is 8.42 Å². The van der Waals surface area contributed by atoms with Crippen molar-refractivity contribution < 1.29 is 13.2 Å². The predicted octanol–water partition coefficient (Wildman–Crippen LogP) is 3.71. The zero-order valence-electron chi connectivity index (χ0n) is 13.2.